The Morgan fingerprint density at radius 1 is 1.07 bits per heavy atom. The zero-order valence-corrected chi connectivity index (χ0v) is 17.6. The Morgan fingerprint density at radius 3 is 2.48 bits per heavy atom. The molecule has 6 nitrogen and oxygen atoms in total. The molecule has 4 rings (SSSR count). The minimum absolute atomic E-state index is 0.0609. The van der Waals surface area contributed by atoms with Crippen molar-refractivity contribution in [3.63, 3.8) is 0 Å². The normalized spacial score (nSPS) is 22.5. The summed E-state index contributed by atoms with van der Waals surface area (Å²) in [6.07, 6.45) is 9.61. The Kier molecular flexibility index (Phi) is 6.93. The van der Waals surface area contributed by atoms with E-state index < -0.39 is 0 Å². The van der Waals surface area contributed by atoms with Crippen molar-refractivity contribution in [1.82, 2.24) is 15.5 Å². The van der Waals surface area contributed by atoms with Crippen LogP contribution in [0.2, 0.25) is 0 Å². The van der Waals surface area contributed by atoms with Gasteiger partial charge in [-0.05, 0) is 69.8 Å². The van der Waals surface area contributed by atoms with E-state index in [-0.39, 0.29) is 18.1 Å². The van der Waals surface area contributed by atoms with E-state index in [0.29, 0.717) is 17.1 Å². The van der Waals surface area contributed by atoms with E-state index in [1.54, 1.807) is 13.2 Å². The molecule has 2 N–H and O–H groups in total. The fraction of sp³-hybridized carbons (Fsp3) is 0.696. The number of likely N-dealkylation sites (tertiary alicyclic amines) is 1. The lowest BCUT2D eigenvalue weighted by atomic mass is 10.0. The van der Waals surface area contributed by atoms with Crippen LogP contribution in [0.4, 0.5) is 0 Å². The highest BCUT2D eigenvalue weighted by Gasteiger charge is 2.29. The lowest BCUT2D eigenvalue weighted by Crippen LogP contribution is -2.44. The van der Waals surface area contributed by atoms with Crippen molar-refractivity contribution in [2.24, 2.45) is 0 Å². The molecule has 2 heterocycles. The van der Waals surface area contributed by atoms with Crippen LogP contribution in [0.15, 0.2) is 18.2 Å². The summed E-state index contributed by atoms with van der Waals surface area (Å²) in [6.45, 7) is 4.10. The maximum Gasteiger partial charge on any atom is 0.255 e. The van der Waals surface area contributed by atoms with E-state index in [1.165, 1.54) is 25.7 Å². The smallest absolute Gasteiger partial charge is 0.255 e. The summed E-state index contributed by atoms with van der Waals surface area (Å²) >= 11 is 0. The summed E-state index contributed by atoms with van der Waals surface area (Å²) in [5, 5.41) is 6.52. The number of carbonyl (C=O) groups excluding carboxylic acids is 1. The Hall–Kier alpha value is -1.79. The molecular weight excluding hydrogens is 366 g/mol. The van der Waals surface area contributed by atoms with E-state index in [2.05, 4.69) is 15.5 Å². The van der Waals surface area contributed by atoms with Gasteiger partial charge in [-0.25, -0.2) is 0 Å². The van der Waals surface area contributed by atoms with Gasteiger partial charge in [0.2, 0.25) is 0 Å². The van der Waals surface area contributed by atoms with Gasteiger partial charge in [0.1, 0.15) is 17.6 Å². The Labute approximate surface area is 174 Å². The van der Waals surface area contributed by atoms with E-state index in [1.807, 2.05) is 12.1 Å². The maximum atomic E-state index is 13.0. The molecule has 1 aromatic carbocycles. The van der Waals surface area contributed by atoms with Crippen LogP contribution in [-0.2, 0) is 0 Å². The highest BCUT2D eigenvalue weighted by molar-refractivity contribution is 5.97. The van der Waals surface area contributed by atoms with Gasteiger partial charge in [-0.2, -0.15) is 0 Å². The minimum atomic E-state index is -0.0609. The fourth-order valence-corrected chi connectivity index (χ4v) is 4.95. The Bertz CT molecular complexity index is 676. The first-order valence-corrected chi connectivity index (χ1v) is 11.3. The fourth-order valence-electron chi connectivity index (χ4n) is 4.95. The van der Waals surface area contributed by atoms with Crippen molar-refractivity contribution in [3.05, 3.63) is 23.8 Å². The van der Waals surface area contributed by atoms with Crippen LogP contribution in [-0.4, -0.2) is 62.3 Å². The summed E-state index contributed by atoms with van der Waals surface area (Å²) in [4.78, 5) is 15.6. The summed E-state index contributed by atoms with van der Waals surface area (Å²) in [5.41, 5.74) is 0.584. The number of piperidine rings is 2. The molecule has 29 heavy (non-hydrogen) atoms. The second-order valence-electron chi connectivity index (χ2n) is 8.65. The number of carbonyl (C=O) groups is 1. The molecule has 2 aliphatic heterocycles. The number of nitrogens with zero attached hydrogens (tertiary/aromatic N) is 1. The second kappa shape index (κ2) is 9.81. The zero-order valence-electron chi connectivity index (χ0n) is 17.6. The Balaban J connectivity index is 1.39. The van der Waals surface area contributed by atoms with Crippen LogP contribution in [0, 0.1) is 0 Å². The van der Waals surface area contributed by atoms with Gasteiger partial charge in [-0.15, -0.1) is 0 Å². The van der Waals surface area contributed by atoms with Crippen LogP contribution >= 0.6 is 0 Å². The van der Waals surface area contributed by atoms with Crippen LogP contribution in [0.5, 0.6) is 11.5 Å². The van der Waals surface area contributed by atoms with Crippen molar-refractivity contribution >= 4 is 5.91 Å². The number of amides is 1. The first kappa shape index (κ1) is 20.5. The number of nitrogens with one attached hydrogen (secondary N) is 2. The summed E-state index contributed by atoms with van der Waals surface area (Å²) in [6, 6.07) is 6.57. The quantitative estimate of drug-likeness (QED) is 0.767. The topological polar surface area (TPSA) is 62.8 Å². The average Bonchev–Trinajstić information content (AvgIpc) is 3.30. The van der Waals surface area contributed by atoms with Gasteiger partial charge in [0.15, 0.2) is 0 Å². The third kappa shape index (κ3) is 5.23. The molecule has 1 saturated carbocycles. The molecule has 1 aromatic rings. The first-order valence-electron chi connectivity index (χ1n) is 11.3. The molecular formula is C23H35N3O3. The van der Waals surface area contributed by atoms with E-state index in [0.717, 1.165) is 57.9 Å². The van der Waals surface area contributed by atoms with Crippen LogP contribution in [0.25, 0.3) is 0 Å². The van der Waals surface area contributed by atoms with Crippen molar-refractivity contribution in [2.75, 3.05) is 33.3 Å². The van der Waals surface area contributed by atoms with Gasteiger partial charge >= 0.3 is 0 Å². The van der Waals surface area contributed by atoms with Gasteiger partial charge < -0.3 is 25.0 Å². The molecule has 3 aliphatic rings. The zero-order chi connectivity index (χ0) is 20.1. The molecule has 0 spiro atoms. The maximum absolute atomic E-state index is 13.0. The molecule has 0 bridgehead atoms. The molecule has 6 heteroatoms. The number of ether oxygens (including phenoxy) is 2. The van der Waals surface area contributed by atoms with Crippen molar-refractivity contribution < 1.29 is 14.3 Å². The molecule has 1 amide bonds. The lowest BCUT2D eigenvalue weighted by molar-refractivity contribution is 0.0747. The van der Waals surface area contributed by atoms with Gasteiger partial charge in [0.25, 0.3) is 5.91 Å². The summed E-state index contributed by atoms with van der Waals surface area (Å²) in [5.74, 6) is 1.30. The standard InChI is InChI=1S/C23H35N3O3/c1-28-20-6-7-22(21(16-20)23(27)25-17-8-12-24-13-9-17)29-19-10-14-26(15-11-19)18-4-2-3-5-18/h6-7,16-19,24H,2-5,8-15H2,1H3,(H,25,27). The number of hydrogen-bond donors (Lipinski definition) is 2. The molecule has 0 radical (unpaired) electrons. The van der Waals surface area contributed by atoms with E-state index in [9.17, 15) is 4.79 Å². The summed E-state index contributed by atoms with van der Waals surface area (Å²) in [7, 11) is 1.63. The SMILES string of the molecule is COc1ccc(OC2CCN(C3CCCC3)CC2)c(C(=O)NC2CCNCC2)c1. The highest BCUT2D eigenvalue weighted by Crippen LogP contribution is 2.30. The largest absolute Gasteiger partial charge is 0.497 e. The number of benzene rings is 1. The highest BCUT2D eigenvalue weighted by atomic mass is 16.5. The number of rotatable bonds is 6. The lowest BCUT2D eigenvalue weighted by Gasteiger charge is -2.36. The van der Waals surface area contributed by atoms with Crippen LogP contribution in [0.3, 0.4) is 0 Å². The number of methoxy groups -OCH3 is 1. The third-order valence-electron chi connectivity index (χ3n) is 6.72. The molecule has 0 aromatic heterocycles. The molecule has 160 valence electrons. The third-order valence-corrected chi connectivity index (χ3v) is 6.72. The van der Waals surface area contributed by atoms with Gasteiger partial charge in [0, 0.05) is 25.2 Å². The van der Waals surface area contributed by atoms with Gasteiger partial charge in [0.05, 0.1) is 12.7 Å². The predicted octanol–water partition coefficient (Wildman–Crippen LogP) is 2.96. The van der Waals surface area contributed by atoms with Crippen molar-refractivity contribution in [2.45, 2.75) is 69.6 Å². The summed E-state index contributed by atoms with van der Waals surface area (Å²) < 4.78 is 11.7. The molecule has 0 unspecified atom stereocenters. The average molecular weight is 402 g/mol. The monoisotopic (exact) mass is 401 g/mol. The molecule has 3 fully saturated rings. The van der Waals surface area contributed by atoms with Crippen molar-refractivity contribution in [3.8, 4) is 11.5 Å². The molecule has 0 atom stereocenters. The van der Waals surface area contributed by atoms with Crippen molar-refractivity contribution in [1.29, 1.82) is 0 Å². The van der Waals surface area contributed by atoms with E-state index >= 15 is 0 Å². The van der Waals surface area contributed by atoms with Crippen LogP contribution in [0.1, 0.15) is 61.7 Å². The van der Waals surface area contributed by atoms with Gasteiger partial charge in [-0.1, -0.05) is 12.8 Å². The second-order valence-corrected chi connectivity index (χ2v) is 8.65. The van der Waals surface area contributed by atoms with Gasteiger partial charge in [-0.3, -0.25) is 4.79 Å². The minimum Gasteiger partial charge on any atom is -0.497 e. The van der Waals surface area contributed by atoms with Crippen LogP contribution < -0.4 is 20.1 Å². The molecule has 1 aliphatic carbocycles. The number of hydrogen-bond acceptors (Lipinski definition) is 5. The van der Waals surface area contributed by atoms with E-state index in [4.69, 9.17) is 9.47 Å². The predicted molar refractivity (Wildman–Crippen MR) is 114 cm³/mol. The molecule has 2 saturated heterocycles. The Morgan fingerprint density at radius 2 is 1.79 bits per heavy atom. The first-order chi connectivity index (χ1) is 14.2.